The summed E-state index contributed by atoms with van der Waals surface area (Å²) in [5.41, 5.74) is 3.04. The number of nitrogens with zero attached hydrogens (tertiary/aromatic N) is 1. The molecule has 126 valence electrons. The van der Waals surface area contributed by atoms with Gasteiger partial charge in [-0.3, -0.25) is 4.79 Å². The quantitative estimate of drug-likeness (QED) is 0.892. The number of benzene rings is 1. The first-order valence-corrected chi connectivity index (χ1v) is 8.61. The summed E-state index contributed by atoms with van der Waals surface area (Å²) in [6, 6.07) is 9.87. The molecule has 2 aromatic rings. The minimum atomic E-state index is 0.148. The maximum Gasteiger partial charge on any atom is 0.224 e. The van der Waals surface area contributed by atoms with E-state index >= 15 is 0 Å². The molecule has 0 unspecified atom stereocenters. The Hall–Kier alpha value is -2.36. The number of hydrogen-bond acceptors (Lipinski definition) is 3. The molecule has 0 bridgehead atoms. The van der Waals surface area contributed by atoms with Crippen molar-refractivity contribution in [3.63, 3.8) is 0 Å². The minimum absolute atomic E-state index is 0.148. The molecule has 0 saturated heterocycles. The lowest BCUT2D eigenvalue weighted by molar-refractivity contribution is -0.124. The molecule has 0 spiro atoms. The van der Waals surface area contributed by atoms with Crippen molar-refractivity contribution < 1.29 is 9.53 Å². The second-order valence-electron chi connectivity index (χ2n) is 6.49. The van der Waals surface area contributed by atoms with Crippen LogP contribution in [0.2, 0.25) is 0 Å². The highest BCUT2D eigenvalue weighted by atomic mass is 16.5. The second kappa shape index (κ2) is 7.47. The highest BCUT2D eigenvalue weighted by Gasteiger charge is 2.22. The van der Waals surface area contributed by atoms with Gasteiger partial charge in [-0.25, -0.2) is 4.98 Å². The standard InChI is InChI=1S/C20H24N2O2/c1-14-7-5-8-15(2)18(14)24-20-17(11-6-12-21-20)13-22-19(23)16-9-3-4-10-16/h5-8,11-12,16H,3-4,9-10,13H2,1-2H3,(H,22,23). The Balaban J connectivity index is 1.72. The number of pyridine rings is 1. The number of para-hydroxylation sites is 1. The predicted molar refractivity (Wildman–Crippen MR) is 94.0 cm³/mol. The molecule has 0 radical (unpaired) electrons. The minimum Gasteiger partial charge on any atom is -0.438 e. The van der Waals surface area contributed by atoms with Crippen LogP contribution < -0.4 is 10.1 Å². The molecule has 3 rings (SSSR count). The van der Waals surface area contributed by atoms with E-state index in [0.29, 0.717) is 12.4 Å². The molecule has 1 fully saturated rings. The third-order valence-corrected chi connectivity index (χ3v) is 4.64. The Kier molecular flexibility index (Phi) is 5.14. The van der Waals surface area contributed by atoms with E-state index in [4.69, 9.17) is 4.74 Å². The van der Waals surface area contributed by atoms with Crippen molar-refractivity contribution in [2.75, 3.05) is 0 Å². The summed E-state index contributed by atoms with van der Waals surface area (Å²) < 4.78 is 6.07. The molecule has 1 aliphatic carbocycles. The number of nitrogens with one attached hydrogen (secondary N) is 1. The van der Waals surface area contributed by atoms with Gasteiger partial charge in [0.2, 0.25) is 11.8 Å². The van der Waals surface area contributed by atoms with Crippen LogP contribution in [-0.2, 0) is 11.3 Å². The summed E-state index contributed by atoms with van der Waals surface area (Å²) >= 11 is 0. The molecular formula is C20H24N2O2. The van der Waals surface area contributed by atoms with Gasteiger partial charge in [-0.15, -0.1) is 0 Å². The van der Waals surface area contributed by atoms with E-state index in [9.17, 15) is 4.79 Å². The first-order valence-electron chi connectivity index (χ1n) is 8.61. The van der Waals surface area contributed by atoms with Gasteiger partial charge < -0.3 is 10.1 Å². The first-order chi connectivity index (χ1) is 11.6. The van der Waals surface area contributed by atoms with Gasteiger partial charge in [-0.2, -0.15) is 0 Å². The van der Waals surface area contributed by atoms with E-state index in [2.05, 4.69) is 10.3 Å². The van der Waals surface area contributed by atoms with Crippen molar-refractivity contribution in [3.8, 4) is 11.6 Å². The van der Waals surface area contributed by atoms with E-state index in [-0.39, 0.29) is 11.8 Å². The third-order valence-electron chi connectivity index (χ3n) is 4.64. The summed E-state index contributed by atoms with van der Waals surface area (Å²) in [6.45, 7) is 4.49. The summed E-state index contributed by atoms with van der Waals surface area (Å²) in [7, 11) is 0. The van der Waals surface area contributed by atoms with Gasteiger partial charge in [-0.1, -0.05) is 37.1 Å². The fourth-order valence-corrected chi connectivity index (χ4v) is 3.22. The van der Waals surface area contributed by atoms with Crippen LogP contribution in [0.4, 0.5) is 0 Å². The van der Waals surface area contributed by atoms with Gasteiger partial charge in [0.05, 0.1) is 0 Å². The average Bonchev–Trinajstić information content (AvgIpc) is 3.12. The maximum absolute atomic E-state index is 12.2. The van der Waals surface area contributed by atoms with Crippen molar-refractivity contribution >= 4 is 5.91 Å². The number of ether oxygens (including phenoxy) is 1. The monoisotopic (exact) mass is 324 g/mol. The second-order valence-corrected chi connectivity index (χ2v) is 6.49. The fourth-order valence-electron chi connectivity index (χ4n) is 3.22. The molecule has 1 N–H and O–H groups in total. The van der Waals surface area contributed by atoms with Crippen molar-refractivity contribution in [1.82, 2.24) is 10.3 Å². The van der Waals surface area contributed by atoms with Crippen LogP contribution in [-0.4, -0.2) is 10.9 Å². The predicted octanol–water partition coefficient (Wildman–Crippen LogP) is 4.30. The molecule has 1 heterocycles. The molecule has 4 nitrogen and oxygen atoms in total. The summed E-state index contributed by atoms with van der Waals surface area (Å²) in [6.07, 6.45) is 6.04. The van der Waals surface area contributed by atoms with Gasteiger partial charge in [0, 0.05) is 24.2 Å². The SMILES string of the molecule is Cc1cccc(C)c1Oc1ncccc1CNC(=O)C1CCCC1. The highest BCUT2D eigenvalue weighted by Crippen LogP contribution is 2.29. The van der Waals surface area contributed by atoms with Crippen molar-refractivity contribution in [1.29, 1.82) is 0 Å². The Bertz CT molecular complexity index is 701. The fraction of sp³-hybridized carbons (Fsp3) is 0.400. The smallest absolute Gasteiger partial charge is 0.224 e. The Morgan fingerprint density at radius 3 is 2.58 bits per heavy atom. The number of amides is 1. The van der Waals surface area contributed by atoms with Crippen LogP contribution in [0.25, 0.3) is 0 Å². The topological polar surface area (TPSA) is 51.2 Å². The van der Waals surface area contributed by atoms with Gasteiger partial charge in [0.15, 0.2) is 0 Å². The van der Waals surface area contributed by atoms with Crippen LogP contribution in [0.5, 0.6) is 11.6 Å². The van der Waals surface area contributed by atoms with Crippen molar-refractivity contribution in [3.05, 3.63) is 53.2 Å². The van der Waals surface area contributed by atoms with E-state index < -0.39 is 0 Å². The number of rotatable bonds is 5. The number of aryl methyl sites for hydroxylation is 2. The zero-order valence-electron chi connectivity index (χ0n) is 14.3. The van der Waals surface area contributed by atoms with E-state index in [0.717, 1.165) is 48.1 Å². The molecule has 1 aromatic heterocycles. The van der Waals surface area contributed by atoms with E-state index in [1.54, 1.807) is 6.20 Å². The largest absolute Gasteiger partial charge is 0.438 e. The normalized spacial score (nSPS) is 14.6. The first kappa shape index (κ1) is 16.5. The lowest BCUT2D eigenvalue weighted by atomic mass is 10.1. The lowest BCUT2D eigenvalue weighted by Gasteiger charge is -2.15. The van der Waals surface area contributed by atoms with Crippen LogP contribution in [0.1, 0.15) is 42.4 Å². The van der Waals surface area contributed by atoms with E-state index in [1.807, 2.05) is 44.2 Å². The molecule has 24 heavy (non-hydrogen) atoms. The van der Waals surface area contributed by atoms with Gasteiger partial charge in [0.25, 0.3) is 0 Å². The summed E-state index contributed by atoms with van der Waals surface area (Å²) in [5, 5.41) is 3.04. The molecule has 1 saturated carbocycles. The molecule has 4 heteroatoms. The number of hydrogen-bond donors (Lipinski definition) is 1. The van der Waals surface area contributed by atoms with Crippen molar-refractivity contribution in [2.24, 2.45) is 5.92 Å². The lowest BCUT2D eigenvalue weighted by Crippen LogP contribution is -2.28. The molecule has 0 aliphatic heterocycles. The van der Waals surface area contributed by atoms with Crippen LogP contribution in [0, 0.1) is 19.8 Å². The van der Waals surface area contributed by atoms with Crippen molar-refractivity contribution in [2.45, 2.75) is 46.1 Å². The number of carbonyl (C=O) groups excluding carboxylic acids is 1. The van der Waals surface area contributed by atoms with Gasteiger partial charge >= 0.3 is 0 Å². The average molecular weight is 324 g/mol. The Morgan fingerprint density at radius 2 is 1.88 bits per heavy atom. The molecule has 0 atom stereocenters. The molecule has 1 amide bonds. The zero-order valence-corrected chi connectivity index (χ0v) is 14.3. The summed E-state index contributed by atoms with van der Waals surface area (Å²) in [4.78, 5) is 16.6. The maximum atomic E-state index is 12.2. The number of carbonyl (C=O) groups is 1. The van der Waals surface area contributed by atoms with Crippen LogP contribution in [0.3, 0.4) is 0 Å². The highest BCUT2D eigenvalue weighted by molar-refractivity contribution is 5.78. The van der Waals surface area contributed by atoms with Crippen LogP contribution in [0.15, 0.2) is 36.5 Å². The van der Waals surface area contributed by atoms with Gasteiger partial charge in [0.1, 0.15) is 5.75 Å². The van der Waals surface area contributed by atoms with Crippen LogP contribution >= 0.6 is 0 Å². The molecular weight excluding hydrogens is 300 g/mol. The van der Waals surface area contributed by atoms with Gasteiger partial charge in [-0.05, 0) is 43.9 Å². The zero-order chi connectivity index (χ0) is 16.9. The third kappa shape index (κ3) is 3.75. The Morgan fingerprint density at radius 1 is 1.17 bits per heavy atom. The molecule has 1 aliphatic rings. The molecule has 1 aromatic carbocycles. The Labute approximate surface area is 143 Å². The summed E-state index contributed by atoms with van der Waals surface area (Å²) in [5.74, 6) is 1.71. The number of aromatic nitrogens is 1. The van der Waals surface area contributed by atoms with E-state index in [1.165, 1.54) is 0 Å².